The topological polar surface area (TPSA) is 12.0 Å². The van der Waals surface area contributed by atoms with Gasteiger partial charge in [-0.15, -0.1) is 0 Å². The molecule has 1 N–H and O–H groups in total. The van der Waals surface area contributed by atoms with Crippen LogP contribution in [0, 0.1) is 5.82 Å². The van der Waals surface area contributed by atoms with Crippen molar-refractivity contribution in [2.75, 3.05) is 6.54 Å². The Morgan fingerprint density at radius 2 is 1.95 bits per heavy atom. The van der Waals surface area contributed by atoms with Crippen molar-refractivity contribution < 1.29 is 4.39 Å². The van der Waals surface area contributed by atoms with Crippen LogP contribution in [-0.2, 0) is 0 Å². The summed E-state index contributed by atoms with van der Waals surface area (Å²) in [5.41, 5.74) is 1.55. The second-order valence-corrected chi connectivity index (χ2v) is 5.47. The van der Waals surface area contributed by atoms with Gasteiger partial charge in [-0.25, -0.2) is 4.39 Å². The van der Waals surface area contributed by atoms with Crippen molar-refractivity contribution in [3.8, 4) is 0 Å². The number of nitrogens with one attached hydrogen (secondary N) is 1. The van der Waals surface area contributed by atoms with Crippen LogP contribution in [0.3, 0.4) is 0 Å². The lowest BCUT2D eigenvalue weighted by Gasteiger charge is -2.21. The minimum absolute atomic E-state index is 0.222. The van der Waals surface area contributed by atoms with Crippen LogP contribution < -0.4 is 5.32 Å². The average Bonchev–Trinajstić information content (AvgIpc) is 2.40. The molecule has 0 heterocycles. The number of halogens is 3. The first-order chi connectivity index (χ1) is 9.13. The van der Waals surface area contributed by atoms with E-state index in [2.05, 4.69) is 21.2 Å². The molecule has 0 radical (unpaired) electrons. The molecule has 4 heteroatoms. The second kappa shape index (κ2) is 6.51. The van der Waals surface area contributed by atoms with Gasteiger partial charge < -0.3 is 5.32 Å². The first-order valence-electron chi connectivity index (χ1n) is 6.06. The van der Waals surface area contributed by atoms with E-state index >= 15 is 0 Å². The molecule has 1 nitrogen and oxygen atoms in total. The molecule has 0 saturated heterocycles. The summed E-state index contributed by atoms with van der Waals surface area (Å²) in [6, 6.07) is 12.1. The largest absolute Gasteiger partial charge is 0.306 e. The number of hydrogen-bond acceptors (Lipinski definition) is 1. The molecule has 100 valence electrons. The maximum absolute atomic E-state index is 14.0. The highest BCUT2D eigenvalue weighted by molar-refractivity contribution is 9.10. The third-order valence-electron chi connectivity index (χ3n) is 2.89. The Hall–Kier alpha value is -0.900. The van der Waals surface area contributed by atoms with Crippen LogP contribution in [-0.4, -0.2) is 6.54 Å². The van der Waals surface area contributed by atoms with Gasteiger partial charge in [0.2, 0.25) is 0 Å². The Labute approximate surface area is 125 Å². The fraction of sp³-hybridized carbons (Fsp3) is 0.200. The molecule has 2 rings (SSSR count). The van der Waals surface area contributed by atoms with E-state index in [4.69, 9.17) is 11.6 Å². The Balaban J connectivity index is 2.51. The van der Waals surface area contributed by atoms with Crippen molar-refractivity contribution in [1.82, 2.24) is 5.32 Å². The lowest BCUT2D eigenvalue weighted by molar-refractivity contribution is 0.558. The molecule has 1 atom stereocenters. The molecule has 0 aliphatic heterocycles. The molecule has 0 aliphatic carbocycles. The van der Waals surface area contributed by atoms with Gasteiger partial charge in [0.15, 0.2) is 0 Å². The highest BCUT2D eigenvalue weighted by atomic mass is 79.9. The third kappa shape index (κ3) is 3.35. The minimum Gasteiger partial charge on any atom is -0.306 e. The molecular weight excluding hydrogens is 329 g/mol. The van der Waals surface area contributed by atoms with Gasteiger partial charge in [-0.1, -0.05) is 52.7 Å². The summed E-state index contributed by atoms with van der Waals surface area (Å²) in [5, 5.41) is 3.93. The smallest absolute Gasteiger partial charge is 0.128 e. The maximum Gasteiger partial charge on any atom is 0.128 e. The average molecular weight is 343 g/mol. The molecule has 0 saturated carbocycles. The highest BCUT2D eigenvalue weighted by Crippen LogP contribution is 2.32. The third-order valence-corrected chi connectivity index (χ3v) is 3.85. The predicted molar refractivity (Wildman–Crippen MR) is 81.1 cm³/mol. The summed E-state index contributed by atoms with van der Waals surface area (Å²) in [7, 11) is 0. The van der Waals surface area contributed by atoms with E-state index in [1.807, 2.05) is 25.1 Å². The monoisotopic (exact) mass is 341 g/mol. The first kappa shape index (κ1) is 14.5. The lowest BCUT2D eigenvalue weighted by atomic mass is 9.98. The summed E-state index contributed by atoms with van der Waals surface area (Å²) < 4.78 is 14.9. The van der Waals surface area contributed by atoms with Crippen molar-refractivity contribution in [2.45, 2.75) is 13.0 Å². The molecular formula is C15H14BrClFN. The van der Waals surface area contributed by atoms with Gasteiger partial charge in [-0.05, 0) is 36.4 Å². The maximum atomic E-state index is 14.0. The highest BCUT2D eigenvalue weighted by Gasteiger charge is 2.19. The fourth-order valence-corrected chi connectivity index (χ4v) is 2.69. The summed E-state index contributed by atoms with van der Waals surface area (Å²) in [4.78, 5) is 0. The summed E-state index contributed by atoms with van der Waals surface area (Å²) in [5.74, 6) is -0.222. The minimum atomic E-state index is -0.223. The predicted octanol–water partition coefficient (Wildman–Crippen LogP) is 4.94. The zero-order valence-electron chi connectivity index (χ0n) is 10.5. The molecule has 0 aromatic heterocycles. The van der Waals surface area contributed by atoms with Gasteiger partial charge in [-0.3, -0.25) is 0 Å². The van der Waals surface area contributed by atoms with Crippen LogP contribution in [0.5, 0.6) is 0 Å². The Morgan fingerprint density at radius 1 is 1.21 bits per heavy atom. The van der Waals surface area contributed by atoms with Crippen molar-refractivity contribution in [3.05, 3.63) is 68.9 Å². The normalized spacial score (nSPS) is 12.4. The van der Waals surface area contributed by atoms with Crippen LogP contribution >= 0.6 is 27.5 Å². The fourth-order valence-electron chi connectivity index (χ4n) is 2.04. The molecule has 0 aliphatic rings. The quantitative estimate of drug-likeness (QED) is 0.830. The zero-order chi connectivity index (χ0) is 13.8. The summed E-state index contributed by atoms with van der Waals surface area (Å²) in [6.45, 7) is 2.73. The van der Waals surface area contributed by atoms with Crippen molar-refractivity contribution >= 4 is 27.5 Å². The van der Waals surface area contributed by atoms with E-state index < -0.39 is 0 Å². The van der Waals surface area contributed by atoms with Crippen LogP contribution in [0.15, 0.2) is 46.9 Å². The zero-order valence-corrected chi connectivity index (χ0v) is 12.8. The lowest BCUT2D eigenvalue weighted by Crippen LogP contribution is -2.23. The van der Waals surface area contributed by atoms with E-state index in [1.165, 1.54) is 6.07 Å². The molecule has 2 aromatic rings. The van der Waals surface area contributed by atoms with Crippen LogP contribution in [0.1, 0.15) is 24.1 Å². The van der Waals surface area contributed by atoms with Crippen LogP contribution in [0.2, 0.25) is 5.02 Å². The van der Waals surface area contributed by atoms with E-state index in [-0.39, 0.29) is 11.9 Å². The Bertz CT molecular complexity index is 574. The standard InChI is InChI=1S/C15H14BrClFN/c1-2-19-15(11-5-3-4-6-14(11)18)12-9-10(17)7-8-13(12)16/h3-9,15,19H,2H2,1H3. The number of rotatable bonds is 4. The molecule has 0 spiro atoms. The van der Waals surface area contributed by atoms with Gasteiger partial charge >= 0.3 is 0 Å². The molecule has 2 aromatic carbocycles. The number of hydrogen-bond donors (Lipinski definition) is 1. The van der Waals surface area contributed by atoms with Crippen molar-refractivity contribution in [1.29, 1.82) is 0 Å². The van der Waals surface area contributed by atoms with E-state index in [1.54, 1.807) is 18.2 Å². The van der Waals surface area contributed by atoms with E-state index in [9.17, 15) is 4.39 Å². The SMILES string of the molecule is CCNC(c1ccccc1F)c1cc(Cl)ccc1Br. The van der Waals surface area contributed by atoms with Crippen LogP contribution in [0.25, 0.3) is 0 Å². The van der Waals surface area contributed by atoms with Gasteiger partial charge in [-0.2, -0.15) is 0 Å². The molecule has 0 amide bonds. The Morgan fingerprint density at radius 3 is 2.63 bits per heavy atom. The van der Waals surface area contributed by atoms with Gasteiger partial charge in [0.1, 0.15) is 5.82 Å². The summed E-state index contributed by atoms with van der Waals surface area (Å²) >= 11 is 9.55. The van der Waals surface area contributed by atoms with Gasteiger partial charge in [0.05, 0.1) is 6.04 Å². The van der Waals surface area contributed by atoms with E-state index in [0.717, 1.165) is 16.6 Å². The number of benzene rings is 2. The summed E-state index contributed by atoms with van der Waals surface area (Å²) in [6.07, 6.45) is 0. The van der Waals surface area contributed by atoms with Gasteiger partial charge in [0, 0.05) is 15.1 Å². The van der Waals surface area contributed by atoms with Crippen molar-refractivity contribution in [2.24, 2.45) is 0 Å². The van der Waals surface area contributed by atoms with E-state index in [0.29, 0.717) is 10.6 Å². The van der Waals surface area contributed by atoms with Crippen molar-refractivity contribution in [3.63, 3.8) is 0 Å². The molecule has 0 bridgehead atoms. The Kier molecular flexibility index (Phi) is 4.97. The van der Waals surface area contributed by atoms with Gasteiger partial charge in [0.25, 0.3) is 0 Å². The first-order valence-corrected chi connectivity index (χ1v) is 7.23. The molecule has 19 heavy (non-hydrogen) atoms. The van der Waals surface area contributed by atoms with Crippen LogP contribution in [0.4, 0.5) is 4.39 Å². The second-order valence-electron chi connectivity index (χ2n) is 4.18. The molecule has 0 fully saturated rings. The molecule has 1 unspecified atom stereocenters.